The van der Waals surface area contributed by atoms with Gasteiger partial charge in [-0.15, -0.1) is 0 Å². The fourth-order valence-corrected chi connectivity index (χ4v) is 0. The van der Waals surface area contributed by atoms with Gasteiger partial charge in [0, 0.05) is 57.9 Å². The number of hydrogen-bond acceptors (Lipinski definition) is 3. The van der Waals surface area contributed by atoms with Gasteiger partial charge in [-0.1, -0.05) is 0 Å². The number of hydrogen-bond donors (Lipinski definition) is 3. The molecule has 0 aliphatic heterocycles. The van der Waals surface area contributed by atoms with E-state index < -0.39 is 7.32 Å². The summed E-state index contributed by atoms with van der Waals surface area (Å²) in [6, 6.07) is 0. The van der Waals surface area contributed by atoms with Crippen LogP contribution in [0.4, 0.5) is 0 Å². The molecule has 0 unspecified atom stereocenters. The smallest absolute Gasteiger partial charge is 0.402 e. The zero-order valence-corrected chi connectivity index (χ0v) is 7.08. The summed E-state index contributed by atoms with van der Waals surface area (Å²) in [4.78, 5) is 0. The largest absolute Gasteiger partial charge is 0.631 e. The maximum Gasteiger partial charge on any atom is 0.631 e. The van der Waals surface area contributed by atoms with Crippen LogP contribution in [0.1, 0.15) is 0 Å². The molecular formula is H3BFeNdO3. The third-order valence-electron chi connectivity index (χ3n) is 0. The van der Waals surface area contributed by atoms with E-state index in [1.807, 2.05) is 0 Å². The van der Waals surface area contributed by atoms with Crippen LogP contribution in [0.15, 0.2) is 0 Å². The first-order valence-electron chi connectivity index (χ1n) is 0.775. The third kappa shape index (κ3) is 40.9. The van der Waals surface area contributed by atoms with E-state index in [2.05, 4.69) is 0 Å². The van der Waals surface area contributed by atoms with Gasteiger partial charge in [-0.2, -0.15) is 0 Å². The molecule has 3 N–H and O–H groups in total. The van der Waals surface area contributed by atoms with Crippen molar-refractivity contribution in [1.29, 1.82) is 0 Å². The van der Waals surface area contributed by atoms with E-state index in [4.69, 9.17) is 15.1 Å². The summed E-state index contributed by atoms with van der Waals surface area (Å²) >= 11 is 0. The van der Waals surface area contributed by atoms with E-state index in [-0.39, 0.29) is 57.9 Å². The van der Waals surface area contributed by atoms with E-state index in [1.165, 1.54) is 0 Å². The van der Waals surface area contributed by atoms with Gasteiger partial charge in [0.25, 0.3) is 0 Å². The molecule has 0 rings (SSSR count). The topological polar surface area (TPSA) is 60.7 Å². The molecule has 0 heterocycles. The van der Waals surface area contributed by atoms with Crippen LogP contribution >= 0.6 is 0 Å². The van der Waals surface area contributed by atoms with Crippen molar-refractivity contribution in [1.82, 2.24) is 0 Å². The molecule has 0 aromatic rings. The van der Waals surface area contributed by atoms with Crippen molar-refractivity contribution in [3.63, 3.8) is 0 Å². The van der Waals surface area contributed by atoms with Crippen LogP contribution in [0.5, 0.6) is 0 Å². The van der Waals surface area contributed by atoms with E-state index in [9.17, 15) is 0 Å². The molecule has 0 amide bonds. The van der Waals surface area contributed by atoms with Gasteiger partial charge in [0.05, 0.1) is 0 Å². The Labute approximate surface area is 79.3 Å². The Balaban J connectivity index is -0.0000000450. The standard InChI is InChI=1S/BH3O3.Fe.Nd/c2-1(3)4;;/h2-4H;;. The molecule has 0 fully saturated rings. The summed E-state index contributed by atoms with van der Waals surface area (Å²) < 4.78 is 0. The van der Waals surface area contributed by atoms with Crippen LogP contribution in [-0.4, -0.2) is 22.4 Å². The molecule has 0 aliphatic carbocycles. The van der Waals surface area contributed by atoms with Crippen molar-refractivity contribution in [2.75, 3.05) is 0 Å². The summed E-state index contributed by atoms with van der Waals surface area (Å²) in [7, 11) is -2.17. The van der Waals surface area contributed by atoms with Gasteiger partial charge in [0.2, 0.25) is 0 Å². The predicted molar refractivity (Wildman–Crippen MR) is 12.4 cm³/mol. The van der Waals surface area contributed by atoms with E-state index >= 15 is 0 Å². The van der Waals surface area contributed by atoms with Crippen LogP contribution in [0.2, 0.25) is 0 Å². The summed E-state index contributed by atoms with van der Waals surface area (Å²) in [5.74, 6) is 0. The van der Waals surface area contributed by atoms with Crippen molar-refractivity contribution in [2.24, 2.45) is 0 Å². The van der Waals surface area contributed by atoms with Gasteiger partial charge in [-0.25, -0.2) is 0 Å². The van der Waals surface area contributed by atoms with Crippen LogP contribution in [-0.2, 0) is 17.1 Å². The second-order valence-electron chi connectivity index (χ2n) is 0.346. The fourth-order valence-electron chi connectivity index (χ4n) is 0. The second kappa shape index (κ2) is 9.94. The van der Waals surface area contributed by atoms with Gasteiger partial charge in [-0.3, -0.25) is 0 Å². The molecule has 6 heavy (non-hydrogen) atoms. The van der Waals surface area contributed by atoms with Gasteiger partial charge < -0.3 is 15.1 Å². The first-order chi connectivity index (χ1) is 1.73. The Morgan fingerprint density at radius 3 is 1.00 bits per heavy atom. The molecule has 0 radical (unpaired) electrons. The molecule has 0 aromatic carbocycles. The molecule has 0 saturated heterocycles. The normalized spacial score (nSPS) is 4.50. The Kier molecular flexibility index (Phi) is 25.9. The van der Waals surface area contributed by atoms with Crippen molar-refractivity contribution >= 4 is 7.32 Å². The fraction of sp³-hybridized carbons (Fsp3) is 0. The number of rotatable bonds is 0. The van der Waals surface area contributed by atoms with Crippen LogP contribution in [0, 0.1) is 40.8 Å². The van der Waals surface area contributed by atoms with Crippen molar-refractivity contribution in [3.8, 4) is 0 Å². The van der Waals surface area contributed by atoms with E-state index in [0.717, 1.165) is 0 Å². The Bertz CT molecular complexity index is 15.5. The maximum absolute atomic E-state index is 7.17. The molecular weight excluding hydrogens is 259 g/mol. The van der Waals surface area contributed by atoms with Gasteiger partial charge in [0.1, 0.15) is 0 Å². The summed E-state index contributed by atoms with van der Waals surface area (Å²) in [5.41, 5.74) is 0. The molecule has 6 heteroatoms. The van der Waals surface area contributed by atoms with Crippen molar-refractivity contribution < 1.29 is 73.0 Å². The second-order valence-corrected chi connectivity index (χ2v) is 0.346. The Morgan fingerprint density at radius 2 is 1.00 bits per heavy atom. The van der Waals surface area contributed by atoms with Crippen molar-refractivity contribution in [2.45, 2.75) is 0 Å². The monoisotopic (exact) mass is 260 g/mol. The van der Waals surface area contributed by atoms with Crippen LogP contribution < -0.4 is 0 Å². The minimum absolute atomic E-state index is 0. The molecule has 0 aliphatic rings. The zero-order chi connectivity index (χ0) is 3.58. The Hall–Kier alpha value is 1.82. The summed E-state index contributed by atoms with van der Waals surface area (Å²) in [5, 5.41) is 21.5. The zero-order valence-electron chi connectivity index (χ0n) is 2.77. The first kappa shape index (κ1) is 15.7. The third-order valence-corrected chi connectivity index (χ3v) is 0. The molecule has 0 aromatic heterocycles. The predicted octanol–water partition coefficient (Wildman–Crippen LogP) is -2.05. The minimum Gasteiger partial charge on any atom is -0.402 e. The molecule has 0 atom stereocenters. The molecule has 3 nitrogen and oxygen atoms in total. The molecule has 0 saturated carbocycles. The quantitative estimate of drug-likeness (QED) is 0.440. The SMILES string of the molecule is OB(O)O.[Fe].[Nd]. The van der Waals surface area contributed by atoms with Gasteiger partial charge >= 0.3 is 7.32 Å². The van der Waals surface area contributed by atoms with Gasteiger partial charge in [-0.05, 0) is 0 Å². The van der Waals surface area contributed by atoms with Gasteiger partial charge in [0.15, 0.2) is 0 Å². The Morgan fingerprint density at radius 1 is 1.00 bits per heavy atom. The molecule has 36 valence electrons. The molecule has 0 spiro atoms. The van der Waals surface area contributed by atoms with Crippen molar-refractivity contribution in [3.05, 3.63) is 0 Å². The van der Waals surface area contributed by atoms with Crippen LogP contribution in [0.25, 0.3) is 0 Å². The maximum atomic E-state index is 7.17. The summed E-state index contributed by atoms with van der Waals surface area (Å²) in [6.45, 7) is 0. The first-order valence-corrected chi connectivity index (χ1v) is 0.775. The van der Waals surface area contributed by atoms with E-state index in [1.54, 1.807) is 0 Å². The summed E-state index contributed by atoms with van der Waals surface area (Å²) in [6.07, 6.45) is 0. The average molecular weight is 262 g/mol. The van der Waals surface area contributed by atoms with Crippen LogP contribution in [0.3, 0.4) is 0 Å². The molecule has 0 bridgehead atoms. The minimum atomic E-state index is -2.17. The average Bonchev–Trinajstić information content (AvgIpc) is 0.811. The van der Waals surface area contributed by atoms with E-state index in [0.29, 0.717) is 0 Å².